The first-order valence-electron chi connectivity index (χ1n) is 5.74. The Morgan fingerprint density at radius 3 is 2.94 bits per heavy atom. The maximum atomic E-state index is 4.76. The molecule has 0 unspecified atom stereocenters. The fourth-order valence-electron chi connectivity index (χ4n) is 2.16. The smallest absolute Gasteiger partial charge is 0.125 e. The van der Waals surface area contributed by atoms with Crippen LogP contribution in [0.2, 0.25) is 0 Å². The molecule has 0 spiro atoms. The van der Waals surface area contributed by atoms with Gasteiger partial charge in [0.05, 0.1) is 5.69 Å². The van der Waals surface area contributed by atoms with E-state index in [1.54, 1.807) is 0 Å². The quantitative estimate of drug-likeness (QED) is 0.750. The third-order valence-electron chi connectivity index (χ3n) is 3.12. The molecule has 3 rings (SSSR count). The molecule has 0 amide bonds. The Hall–Kier alpha value is -1.22. The lowest BCUT2D eigenvalue weighted by Gasteiger charge is -2.06. The molecule has 0 saturated carbocycles. The Balaban J connectivity index is 2.07. The van der Waals surface area contributed by atoms with E-state index in [2.05, 4.69) is 18.0 Å². The van der Waals surface area contributed by atoms with Crippen molar-refractivity contribution in [3.05, 3.63) is 34.6 Å². The van der Waals surface area contributed by atoms with Crippen molar-refractivity contribution in [2.75, 3.05) is 0 Å². The normalized spacial score (nSPS) is 14.8. The molecule has 0 N–H and O–H groups in total. The van der Waals surface area contributed by atoms with Crippen LogP contribution in [0.1, 0.15) is 29.0 Å². The topological polar surface area (TPSA) is 25.8 Å². The molecule has 82 valence electrons. The highest BCUT2D eigenvalue weighted by Gasteiger charge is 2.16. The average molecular weight is 230 g/mol. The molecule has 2 heterocycles. The summed E-state index contributed by atoms with van der Waals surface area (Å²) in [6, 6.07) is 2.05. The molecule has 0 aromatic carbocycles. The van der Waals surface area contributed by atoms with Crippen LogP contribution in [-0.4, -0.2) is 9.97 Å². The zero-order chi connectivity index (χ0) is 11.0. The minimum absolute atomic E-state index is 1.15. The SMILES string of the molecule is Cc1ccncc1-c1nc2c(s1)CCCC2. The Morgan fingerprint density at radius 1 is 1.25 bits per heavy atom. The third-order valence-corrected chi connectivity index (χ3v) is 4.31. The molecule has 0 radical (unpaired) electrons. The Morgan fingerprint density at radius 2 is 2.12 bits per heavy atom. The molecule has 0 aliphatic heterocycles. The zero-order valence-electron chi connectivity index (χ0n) is 9.36. The number of rotatable bonds is 1. The summed E-state index contributed by atoms with van der Waals surface area (Å²) in [6.07, 6.45) is 8.76. The lowest BCUT2D eigenvalue weighted by atomic mass is 10.0. The lowest BCUT2D eigenvalue weighted by Crippen LogP contribution is -1.98. The molecule has 0 saturated heterocycles. The summed E-state index contributed by atoms with van der Waals surface area (Å²) in [5.74, 6) is 0. The van der Waals surface area contributed by atoms with Gasteiger partial charge in [0, 0.05) is 22.8 Å². The third kappa shape index (κ3) is 1.65. The molecule has 3 heteroatoms. The molecule has 1 aliphatic rings. The fraction of sp³-hybridized carbons (Fsp3) is 0.385. The van der Waals surface area contributed by atoms with E-state index >= 15 is 0 Å². The van der Waals surface area contributed by atoms with Gasteiger partial charge in [0.1, 0.15) is 5.01 Å². The predicted molar refractivity (Wildman–Crippen MR) is 66.7 cm³/mol. The summed E-state index contributed by atoms with van der Waals surface area (Å²) in [6.45, 7) is 2.12. The first kappa shape index (κ1) is 9.97. The van der Waals surface area contributed by atoms with Crippen LogP contribution in [0.15, 0.2) is 18.5 Å². The van der Waals surface area contributed by atoms with Crippen LogP contribution in [0, 0.1) is 6.92 Å². The van der Waals surface area contributed by atoms with Gasteiger partial charge in [-0.1, -0.05) is 0 Å². The van der Waals surface area contributed by atoms with E-state index in [1.165, 1.54) is 41.0 Å². The van der Waals surface area contributed by atoms with Gasteiger partial charge in [0.25, 0.3) is 0 Å². The van der Waals surface area contributed by atoms with E-state index < -0.39 is 0 Å². The first-order valence-corrected chi connectivity index (χ1v) is 6.56. The molecule has 2 aromatic heterocycles. The van der Waals surface area contributed by atoms with E-state index in [0.29, 0.717) is 0 Å². The maximum Gasteiger partial charge on any atom is 0.125 e. The van der Waals surface area contributed by atoms with Crippen molar-refractivity contribution < 1.29 is 0 Å². The second-order valence-electron chi connectivity index (χ2n) is 4.29. The van der Waals surface area contributed by atoms with Crippen LogP contribution in [0.25, 0.3) is 10.6 Å². The van der Waals surface area contributed by atoms with Crippen molar-refractivity contribution in [1.82, 2.24) is 9.97 Å². The highest BCUT2D eigenvalue weighted by atomic mass is 32.1. The van der Waals surface area contributed by atoms with E-state index in [1.807, 2.05) is 23.7 Å². The number of fused-ring (bicyclic) bond motifs is 1. The number of aryl methyl sites for hydroxylation is 3. The standard InChI is InChI=1S/C13H14N2S/c1-9-6-7-14-8-10(9)13-15-11-4-2-3-5-12(11)16-13/h6-8H,2-5H2,1H3. The van der Waals surface area contributed by atoms with Crippen molar-refractivity contribution in [3.8, 4) is 10.6 Å². The van der Waals surface area contributed by atoms with Gasteiger partial charge in [-0.15, -0.1) is 11.3 Å². The van der Waals surface area contributed by atoms with E-state index in [-0.39, 0.29) is 0 Å². The van der Waals surface area contributed by atoms with E-state index in [0.717, 1.165) is 11.4 Å². The van der Waals surface area contributed by atoms with E-state index in [9.17, 15) is 0 Å². The van der Waals surface area contributed by atoms with Gasteiger partial charge in [-0.05, 0) is 44.2 Å². The molecule has 1 aliphatic carbocycles. The minimum Gasteiger partial charge on any atom is -0.264 e. The van der Waals surface area contributed by atoms with Gasteiger partial charge in [0.2, 0.25) is 0 Å². The van der Waals surface area contributed by atoms with Crippen LogP contribution in [0.3, 0.4) is 0 Å². The molecule has 0 bridgehead atoms. The van der Waals surface area contributed by atoms with Gasteiger partial charge in [-0.3, -0.25) is 4.98 Å². The van der Waals surface area contributed by atoms with Crippen LogP contribution >= 0.6 is 11.3 Å². The zero-order valence-corrected chi connectivity index (χ0v) is 10.2. The van der Waals surface area contributed by atoms with Crippen LogP contribution in [0.5, 0.6) is 0 Å². The number of pyridine rings is 1. The first-order chi connectivity index (χ1) is 7.84. The molecule has 16 heavy (non-hydrogen) atoms. The summed E-state index contributed by atoms with van der Waals surface area (Å²) in [4.78, 5) is 10.4. The highest BCUT2D eigenvalue weighted by molar-refractivity contribution is 7.15. The minimum atomic E-state index is 1.15. The highest BCUT2D eigenvalue weighted by Crippen LogP contribution is 2.33. The van der Waals surface area contributed by atoms with Crippen LogP contribution < -0.4 is 0 Å². The molecule has 0 atom stereocenters. The second kappa shape index (κ2) is 3.98. The van der Waals surface area contributed by atoms with Crippen molar-refractivity contribution >= 4 is 11.3 Å². The average Bonchev–Trinajstić information content (AvgIpc) is 2.73. The molecule has 0 fully saturated rings. The van der Waals surface area contributed by atoms with Crippen LogP contribution in [-0.2, 0) is 12.8 Å². The maximum absolute atomic E-state index is 4.76. The van der Waals surface area contributed by atoms with Crippen LogP contribution in [0.4, 0.5) is 0 Å². The fourth-order valence-corrected chi connectivity index (χ4v) is 3.38. The predicted octanol–water partition coefficient (Wildman–Crippen LogP) is 3.39. The van der Waals surface area contributed by atoms with Gasteiger partial charge in [-0.25, -0.2) is 4.98 Å². The number of thiazole rings is 1. The summed E-state index contributed by atoms with van der Waals surface area (Å²) < 4.78 is 0. The Bertz CT molecular complexity index is 493. The monoisotopic (exact) mass is 230 g/mol. The van der Waals surface area contributed by atoms with Gasteiger partial charge >= 0.3 is 0 Å². The summed E-state index contributed by atoms with van der Waals surface area (Å²) in [5.41, 5.74) is 3.79. The number of hydrogen-bond donors (Lipinski definition) is 0. The molecule has 2 aromatic rings. The number of aromatic nitrogens is 2. The van der Waals surface area contributed by atoms with Crippen molar-refractivity contribution in [3.63, 3.8) is 0 Å². The van der Waals surface area contributed by atoms with E-state index in [4.69, 9.17) is 4.98 Å². The number of nitrogens with zero attached hydrogens (tertiary/aromatic N) is 2. The van der Waals surface area contributed by atoms with Gasteiger partial charge in [-0.2, -0.15) is 0 Å². The largest absolute Gasteiger partial charge is 0.264 e. The summed E-state index contributed by atoms with van der Waals surface area (Å²) in [5, 5.41) is 1.15. The Kier molecular flexibility index (Phi) is 2.48. The molecule has 2 nitrogen and oxygen atoms in total. The molecular formula is C13H14N2S. The van der Waals surface area contributed by atoms with Gasteiger partial charge in [0.15, 0.2) is 0 Å². The number of hydrogen-bond acceptors (Lipinski definition) is 3. The summed E-state index contributed by atoms with van der Waals surface area (Å²) in [7, 11) is 0. The van der Waals surface area contributed by atoms with Crippen molar-refractivity contribution in [1.29, 1.82) is 0 Å². The lowest BCUT2D eigenvalue weighted by molar-refractivity contribution is 0.682. The van der Waals surface area contributed by atoms with Crippen molar-refractivity contribution in [2.45, 2.75) is 32.6 Å². The summed E-state index contributed by atoms with van der Waals surface area (Å²) >= 11 is 1.85. The van der Waals surface area contributed by atoms with Crippen molar-refractivity contribution in [2.24, 2.45) is 0 Å². The second-order valence-corrected chi connectivity index (χ2v) is 5.37. The van der Waals surface area contributed by atoms with Gasteiger partial charge < -0.3 is 0 Å². The molecular weight excluding hydrogens is 216 g/mol. The Labute approximate surface area is 99.4 Å².